The van der Waals surface area contributed by atoms with Crippen molar-refractivity contribution in [2.24, 2.45) is 5.92 Å². The fraction of sp³-hybridized carbons (Fsp3) is 0.462. The van der Waals surface area contributed by atoms with E-state index in [1.54, 1.807) is 18.2 Å². The molecular weight excluding hydrogens is 234 g/mol. The number of anilines is 1. The minimum absolute atomic E-state index is 0.0211. The van der Waals surface area contributed by atoms with Gasteiger partial charge in [0.15, 0.2) is 0 Å². The average Bonchev–Trinajstić information content (AvgIpc) is 2.34. The molecule has 0 fully saturated rings. The lowest BCUT2D eigenvalue weighted by atomic mass is 10.1. The molecule has 1 aromatic carbocycles. The van der Waals surface area contributed by atoms with Crippen molar-refractivity contribution in [1.82, 2.24) is 0 Å². The summed E-state index contributed by atoms with van der Waals surface area (Å²) in [5.74, 6) is -0.212. The molecule has 1 atom stereocenters. The van der Waals surface area contributed by atoms with Crippen LogP contribution in [-0.4, -0.2) is 30.9 Å². The molecule has 100 valence electrons. The first-order chi connectivity index (χ1) is 8.47. The predicted octanol–water partition coefficient (Wildman–Crippen LogP) is 1.45. The Balaban J connectivity index is 2.78. The lowest BCUT2D eigenvalue weighted by Crippen LogP contribution is -2.24. The number of carbonyl (C=O) groups excluding carboxylic acids is 1. The van der Waals surface area contributed by atoms with E-state index in [2.05, 4.69) is 0 Å². The van der Waals surface area contributed by atoms with Crippen molar-refractivity contribution in [2.75, 3.05) is 19.5 Å². The second-order valence-electron chi connectivity index (χ2n) is 4.33. The number of nitrogens with two attached hydrogens (primary N) is 1. The number of nitrogen functional groups attached to an aromatic ring is 1. The zero-order chi connectivity index (χ0) is 13.7. The summed E-state index contributed by atoms with van der Waals surface area (Å²) in [7, 11) is 1.45. The van der Waals surface area contributed by atoms with E-state index in [1.807, 2.05) is 13.8 Å². The van der Waals surface area contributed by atoms with E-state index in [9.17, 15) is 9.90 Å². The molecule has 0 saturated heterocycles. The van der Waals surface area contributed by atoms with E-state index in [0.717, 1.165) is 0 Å². The minimum Gasteiger partial charge on any atom is -0.496 e. The first-order valence-corrected chi connectivity index (χ1v) is 5.75. The predicted molar refractivity (Wildman–Crippen MR) is 68.5 cm³/mol. The number of hydrogen-bond acceptors (Lipinski definition) is 5. The van der Waals surface area contributed by atoms with Crippen LogP contribution in [0, 0.1) is 5.92 Å². The van der Waals surface area contributed by atoms with Gasteiger partial charge in [0.25, 0.3) is 0 Å². The Morgan fingerprint density at radius 3 is 2.67 bits per heavy atom. The summed E-state index contributed by atoms with van der Waals surface area (Å²) in [6.07, 6.45) is -0.690. The monoisotopic (exact) mass is 253 g/mol. The molecular formula is C13H19NO4. The van der Waals surface area contributed by atoms with Crippen molar-refractivity contribution in [3.8, 4) is 5.75 Å². The summed E-state index contributed by atoms with van der Waals surface area (Å²) in [5.41, 5.74) is 6.20. The summed E-state index contributed by atoms with van der Waals surface area (Å²) >= 11 is 0. The third-order valence-corrected chi connectivity index (χ3v) is 2.64. The highest BCUT2D eigenvalue weighted by Gasteiger charge is 2.19. The van der Waals surface area contributed by atoms with E-state index in [0.29, 0.717) is 11.4 Å². The maximum atomic E-state index is 11.9. The van der Waals surface area contributed by atoms with E-state index >= 15 is 0 Å². The Bertz CT molecular complexity index is 417. The molecule has 1 aromatic rings. The maximum Gasteiger partial charge on any atom is 0.344 e. The van der Waals surface area contributed by atoms with Gasteiger partial charge in [-0.1, -0.05) is 19.9 Å². The lowest BCUT2D eigenvalue weighted by molar-refractivity contribution is 0.0135. The number of aliphatic hydroxyl groups is 1. The van der Waals surface area contributed by atoms with Crippen LogP contribution in [0.4, 0.5) is 5.69 Å². The third-order valence-electron chi connectivity index (χ3n) is 2.64. The molecule has 0 aromatic heterocycles. The molecule has 0 heterocycles. The van der Waals surface area contributed by atoms with E-state index in [-0.39, 0.29) is 18.1 Å². The number of esters is 1. The minimum atomic E-state index is -0.690. The molecule has 1 rings (SSSR count). The van der Waals surface area contributed by atoms with Crippen LogP contribution in [0.1, 0.15) is 24.2 Å². The fourth-order valence-corrected chi connectivity index (χ4v) is 1.36. The summed E-state index contributed by atoms with van der Waals surface area (Å²) in [6, 6.07) is 4.91. The molecule has 0 aliphatic rings. The van der Waals surface area contributed by atoms with Gasteiger partial charge in [-0.25, -0.2) is 4.79 Å². The zero-order valence-corrected chi connectivity index (χ0v) is 10.8. The number of ether oxygens (including phenoxy) is 2. The number of carbonyl (C=O) groups is 1. The largest absolute Gasteiger partial charge is 0.496 e. The topological polar surface area (TPSA) is 81.8 Å². The standard InChI is InChI=1S/C13H19NO4/c1-8(2)10(15)7-18-13(16)12-9(14)5-4-6-11(12)17-3/h4-6,8,10,15H,7,14H2,1-3H3. The quantitative estimate of drug-likeness (QED) is 0.613. The molecule has 0 bridgehead atoms. The second kappa shape index (κ2) is 6.26. The van der Waals surface area contributed by atoms with Gasteiger partial charge in [-0.2, -0.15) is 0 Å². The molecule has 0 amide bonds. The van der Waals surface area contributed by atoms with Crippen molar-refractivity contribution in [1.29, 1.82) is 0 Å². The van der Waals surface area contributed by atoms with Crippen LogP contribution in [0.25, 0.3) is 0 Å². The van der Waals surface area contributed by atoms with Crippen LogP contribution in [0.3, 0.4) is 0 Å². The highest BCUT2D eigenvalue weighted by molar-refractivity contribution is 5.98. The molecule has 0 saturated carbocycles. The van der Waals surface area contributed by atoms with Crippen molar-refractivity contribution >= 4 is 11.7 Å². The maximum absolute atomic E-state index is 11.9. The first-order valence-electron chi connectivity index (χ1n) is 5.75. The van der Waals surface area contributed by atoms with Gasteiger partial charge in [0.1, 0.15) is 17.9 Å². The summed E-state index contributed by atoms with van der Waals surface area (Å²) in [4.78, 5) is 11.9. The van der Waals surface area contributed by atoms with Gasteiger partial charge in [-0.3, -0.25) is 0 Å². The van der Waals surface area contributed by atoms with Crippen molar-refractivity contribution in [3.05, 3.63) is 23.8 Å². The Morgan fingerprint density at radius 1 is 1.44 bits per heavy atom. The van der Waals surface area contributed by atoms with Gasteiger partial charge in [-0.15, -0.1) is 0 Å². The van der Waals surface area contributed by atoms with Gasteiger partial charge >= 0.3 is 5.97 Å². The van der Waals surface area contributed by atoms with Crippen molar-refractivity contribution < 1.29 is 19.4 Å². The average molecular weight is 253 g/mol. The number of hydrogen-bond donors (Lipinski definition) is 2. The molecule has 18 heavy (non-hydrogen) atoms. The summed E-state index contributed by atoms with van der Waals surface area (Å²) in [5, 5.41) is 9.58. The number of aliphatic hydroxyl groups excluding tert-OH is 1. The second-order valence-corrected chi connectivity index (χ2v) is 4.33. The van der Waals surface area contributed by atoms with Crippen LogP contribution in [0.2, 0.25) is 0 Å². The third kappa shape index (κ3) is 3.37. The molecule has 0 spiro atoms. The van der Waals surface area contributed by atoms with Crippen LogP contribution in [0.15, 0.2) is 18.2 Å². The van der Waals surface area contributed by atoms with Gasteiger partial charge < -0.3 is 20.3 Å². The van der Waals surface area contributed by atoms with Crippen LogP contribution in [-0.2, 0) is 4.74 Å². The summed E-state index contributed by atoms with van der Waals surface area (Å²) < 4.78 is 10.1. The van der Waals surface area contributed by atoms with E-state index < -0.39 is 12.1 Å². The van der Waals surface area contributed by atoms with Crippen molar-refractivity contribution in [3.63, 3.8) is 0 Å². The zero-order valence-electron chi connectivity index (χ0n) is 10.8. The molecule has 0 aliphatic heterocycles. The Kier molecular flexibility index (Phi) is 4.97. The summed E-state index contributed by atoms with van der Waals surface area (Å²) in [6.45, 7) is 3.62. The Hall–Kier alpha value is -1.75. The molecule has 0 radical (unpaired) electrons. The smallest absolute Gasteiger partial charge is 0.344 e. The number of rotatable bonds is 5. The van der Waals surface area contributed by atoms with Crippen molar-refractivity contribution in [2.45, 2.75) is 20.0 Å². The molecule has 5 heteroatoms. The molecule has 1 unspecified atom stereocenters. The SMILES string of the molecule is COc1cccc(N)c1C(=O)OCC(O)C(C)C. The number of benzene rings is 1. The van der Waals surface area contributed by atoms with E-state index in [4.69, 9.17) is 15.2 Å². The Morgan fingerprint density at radius 2 is 2.11 bits per heavy atom. The van der Waals surface area contributed by atoms with Crippen LogP contribution in [0.5, 0.6) is 5.75 Å². The fourth-order valence-electron chi connectivity index (χ4n) is 1.36. The Labute approximate surface area is 107 Å². The van der Waals surface area contributed by atoms with Crippen LogP contribution >= 0.6 is 0 Å². The lowest BCUT2D eigenvalue weighted by Gasteiger charge is -2.15. The highest BCUT2D eigenvalue weighted by Crippen LogP contribution is 2.25. The molecule has 5 nitrogen and oxygen atoms in total. The van der Waals surface area contributed by atoms with Gasteiger partial charge in [-0.05, 0) is 18.1 Å². The van der Waals surface area contributed by atoms with Crippen LogP contribution < -0.4 is 10.5 Å². The van der Waals surface area contributed by atoms with Gasteiger partial charge in [0.05, 0.1) is 13.2 Å². The molecule has 3 N–H and O–H groups in total. The number of methoxy groups -OCH3 is 1. The first kappa shape index (κ1) is 14.3. The van der Waals surface area contributed by atoms with Gasteiger partial charge in [0.2, 0.25) is 0 Å². The highest BCUT2D eigenvalue weighted by atomic mass is 16.5. The normalized spacial score (nSPS) is 12.3. The van der Waals surface area contributed by atoms with E-state index in [1.165, 1.54) is 7.11 Å². The molecule has 0 aliphatic carbocycles. The van der Waals surface area contributed by atoms with Gasteiger partial charge in [0, 0.05) is 5.69 Å².